The largest absolute Gasteiger partial charge is 0.342 e. The predicted molar refractivity (Wildman–Crippen MR) is 94.3 cm³/mol. The molecular weight excluding hydrogens is 322 g/mol. The van der Waals surface area contributed by atoms with Gasteiger partial charge in [0.1, 0.15) is 0 Å². The second-order valence-corrected chi connectivity index (χ2v) is 7.52. The highest BCUT2D eigenvalue weighted by atomic mass is 32.2. The first kappa shape index (κ1) is 17.0. The highest BCUT2D eigenvalue weighted by molar-refractivity contribution is 8.00. The first-order valence-corrected chi connectivity index (χ1v) is 9.34. The van der Waals surface area contributed by atoms with Gasteiger partial charge in [-0.3, -0.25) is 4.79 Å². The highest BCUT2D eigenvalue weighted by Gasteiger charge is 2.24. The Morgan fingerprint density at radius 3 is 2.67 bits per heavy atom. The number of hydrogen-bond acceptors (Lipinski definition) is 5. The van der Waals surface area contributed by atoms with E-state index in [-0.39, 0.29) is 11.2 Å². The number of amides is 1. The number of thioether (sulfide) groups is 1. The minimum atomic E-state index is -0.197. The van der Waals surface area contributed by atoms with Crippen LogP contribution in [0.25, 0.3) is 5.69 Å². The zero-order chi connectivity index (χ0) is 16.9. The van der Waals surface area contributed by atoms with Crippen LogP contribution in [0.2, 0.25) is 0 Å². The number of tetrazole rings is 1. The van der Waals surface area contributed by atoms with Crippen molar-refractivity contribution in [3.63, 3.8) is 0 Å². The number of carbonyl (C=O) groups is 1. The van der Waals surface area contributed by atoms with Crippen molar-refractivity contribution in [1.29, 1.82) is 0 Å². The monoisotopic (exact) mass is 345 g/mol. The molecule has 128 valence electrons. The first-order valence-electron chi connectivity index (χ1n) is 8.46. The van der Waals surface area contributed by atoms with Crippen LogP contribution in [0.1, 0.15) is 38.2 Å². The van der Waals surface area contributed by atoms with Gasteiger partial charge < -0.3 is 4.90 Å². The molecule has 0 bridgehead atoms. The van der Waals surface area contributed by atoms with Gasteiger partial charge >= 0.3 is 0 Å². The highest BCUT2D eigenvalue weighted by Crippen LogP contribution is 2.25. The van der Waals surface area contributed by atoms with Crippen molar-refractivity contribution in [2.24, 2.45) is 0 Å². The molecule has 1 fully saturated rings. The summed E-state index contributed by atoms with van der Waals surface area (Å²) in [5, 5.41) is 12.4. The molecule has 1 saturated heterocycles. The van der Waals surface area contributed by atoms with Crippen LogP contribution >= 0.6 is 11.8 Å². The summed E-state index contributed by atoms with van der Waals surface area (Å²) in [7, 11) is 0. The van der Waals surface area contributed by atoms with Crippen LogP contribution in [-0.4, -0.2) is 49.4 Å². The summed E-state index contributed by atoms with van der Waals surface area (Å²) in [6, 6.07) is 8.01. The maximum absolute atomic E-state index is 12.7. The third-order valence-corrected chi connectivity index (χ3v) is 5.26. The van der Waals surface area contributed by atoms with Crippen LogP contribution in [0, 0.1) is 6.92 Å². The van der Waals surface area contributed by atoms with E-state index < -0.39 is 0 Å². The Kier molecular flexibility index (Phi) is 5.50. The quantitative estimate of drug-likeness (QED) is 0.797. The van der Waals surface area contributed by atoms with Crippen LogP contribution in [0.3, 0.4) is 0 Å². The van der Waals surface area contributed by atoms with E-state index in [1.54, 1.807) is 4.68 Å². The first-order chi connectivity index (χ1) is 11.6. The van der Waals surface area contributed by atoms with E-state index in [0.717, 1.165) is 37.2 Å². The molecule has 0 N–H and O–H groups in total. The Bertz CT molecular complexity index is 694. The maximum atomic E-state index is 12.7. The molecule has 1 amide bonds. The van der Waals surface area contributed by atoms with Crippen LogP contribution < -0.4 is 0 Å². The normalized spacial score (nSPS) is 16.7. The minimum absolute atomic E-state index is 0.181. The molecule has 1 aliphatic heterocycles. The van der Waals surface area contributed by atoms with Gasteiger partial charge in [-0.2, -0.15) is 4.68 Å². The molecular formula is C17H23N5OS. The van der Waals surface area contributed by atoms with Crippen molar-refractivity contribution < 1.29 is 4.79 Å². The Balaban J connectivity index is 1.72. The standard InChI is InChI=1S/C17H23N5OS/c1-13-8-7-9-15(12-13)22-17(18-19-20-22)24-14(2)16(23)21-10-5-3-4-6-11-21/h7-9,12,14H,3-6,10-11H2,1-2H3/t14-/m0/s1. The molecule has 24 heavy (non-hydrogen) atoms. The number of hydrogen-bond donors (Lipinski definition) is 0. The average Bonchev–Trinajstić information content (AvgIpc) is 2.86. The van der Waals surface area contributed by atoms with Crippen LogP contribution in [0.15, 0.2) is 29.4 Å². The predicted octanol–water partition coefficient (Wildman–Crippen LogP) is 2.85. The number of carbonyl (C=O) groups excluding carboxylic acids is 1. The molecule has 0 spiro atoms. The van der Waals surface area contributed by atoms with Crippen molar-refractivity contribution in [1.82, 2.24) is 25.1 Å². The van der Waals surface area contributed by atoms with Gasteiger partial charge in [0.05, 0.1) is 10.9 Å². The third kappa shape index (κ3) is 3.95. The van der Waals surface area contributed by atoms with Gasteiger partial charge in [0.2, 0.25) is 11.1 Å². The molecule has 2 heterocycles. The second kappa shape index (κ2) is 7.79. The lowest BCUT2D eigenvalue weighted by atomic mass is 10.2. The van der Waals surface area contributed by atoms with Gasteiger partial charge in [-0.1, -0.05) is 36.7 Å². The smallest absolute Gasteiger partial charge is 0.235 e. The molecule has 0 unspecified atom stereocenters. The summed E-state index contributed by atoms with van der Waals surface area (Å²) < 4.78 is 1.70. The van der Waals surface area contributed by atoms with Gasteiger partial charge in [0.25, 0.3) is 0 Å². The number of rotatable bonds is 4. The summed E-state index contributed by atoms with van der Waals surface area (Å²) in [4.78, 5) is 14.7. The lowest BCUT2D eigenvalue weighted by Crippen LogP contribution is -2.37. The van der Waals surface area contributed by atoms with Gasteiger partial charge in [-0.15, -0.1) is 5.10 Å². The Morgan fingerprint density at radius 2 is 1.96 bits per heavy atom. The molecule has 3 rings (SSSR count). The van der Waals surface area contributed by atoms with Crippen molar-refractivity contribution in [3.05, 3.63) is 29.8 Å². The Morgan fingerprint density at radius 1 is 1.21 bits per heavy atom. The van der Waals surface area contributed by atoms with Crippen LogP contribution in [0.5, 0.6) is 0 Å². The minimum Gasteiger partial charge on any atom is -0.342 e. The van der Waals surface area contributed by atoms with E-state index >= 15 is 0 Å². The summed E-state index contributed by atoms with van der Waals surface area (Å²) in [6.07, 6.45) is 4.64. The van der Waals surface area contributed by atoms with Gasteiger partial charge in [0, 0.05) is 13.1 Å². The fourth-order valence-electron chi connectivity index (χ4n) is 2.93. The lowest BCUT2D eigenvalue weighted by molar-refractivity contribution is -0.130. The van der Waals surface area contributed by atoms with Crippen molar-refractivity contribution >= 4 is 17.7 Å². The molecule has 1 aromatic carbocycles. The third-order valence-electron chi connectivity index (χ3n) is 4.23. The van der Waals surface area contributed by atoms with Gasteiger partial charge in [0.15, 0.2) is 0 Å². The van der Waals surface area contributed by atoms with E-state index in [1.165, 1.54) is 24.6 Å². The zero-order valence-corrected chi connectivity index (χ0v) is 15.0. The molecule has 1 aromatic heterocycles. The summed E-state index contributed by atoms with van der Waals surface area (Å²) in [5.41, 5.74) is 2.06. The number of nitrogens with zero attached hydrogens (tertiary/aromatic N) is 5. The molecule has 0 radical (unpaired) electrons. The summed E-state index contributed by atoms with van der Waals surface area (Å²) in [6.45, 7) is 5.71. The molecule has 1 atom stereocenters. The Labute approximate surface area is 146 Å². The average molecular weight is 345 g/mol. The molecule has 1 aliphatic rings. The number of likely N-dealkylation sites (tertiary alicyclic amines) is 1. The lowest BCUT2D eigenvalue weighted by Gasteiger charge is -2.23. The second-order valence-electron chi connectivity index (χ2n) is 6.21. The molecule has 6 nitrogen and oxygen atoms in total. The molecule has 2 aromatic rings. The van der Waals surface area contributed by atoms with Crippen molar-refractivity contribution in [2.75, 3.05) is 13.1 Å². The maximum Gasteiger partial charge on any atom is 0.235 e. The fourth-order valence-corrected chi connectivity index (χ4v) is 3.82. The number of aryl methyl sites for hydroxylation is 1. The topological polar surface area (TPSA) is 63.9 Å². The Hall–Kier alpha value is -1.89. The molecule has 7 heteroatoms. The fraction of sp³-hybridized carbons (Fsp3) is 0.529. The van der Waals surface area contributed by atoms with Crippen LogP contribution in [-0.2, 0) is 4.79 Å². The van der Waals surface area contributed by atoms with Crippen molar-refractivity contribution in [2.45, 2.75) is 49.9 Å². The van der Waals surface area contributed by atoms with Crippen molar-refractivity contribution in [3.8, 4) is 5.69 Å². The molecule has 0 saturated carbocycles. The van der Waals surface area contributed by atoms with E-state index in [4.69, 9.17) is 0 Å². The summed E-state index contributed by atoms with van der Waals surface area (Å²) in [5.74, 6) is 0.181. The van der Waals surface area contributed by atoms with Crippen LogP contribution in [0.4, 0.5) is 0 Å². The van der Waals surface area contributed by atoms with E-state index in [1.807, 2.05) is 43.0 Å². The van der Waals surface area contributed by atoms with Gasteiger partial charge in [-0.25, -0.2) is 0 Å². The zero-order valence-electron chi connectivity index (χ0n) is 14.2. The van der Waals surface area contributed by atoms with E-state index in [0.29, 0.717) is 5.16 Å². The summed E-state index contributed by atoms with van der Waals surface area (Å²) >= 11 is 1.42. The van der Waals surface area contributed by atoms with E-state index in [9.17, 15) is 4.79 Å². The number of benzene rings is 1. The SMILES string of the molecule is Cc1cccc(-n2nnnc2S[C@@H](C)C(=O)N2CCCCCC2)c1. The van der Waals surface area contributed by atoms with E-state index in [2.05, 4.69) is 15.5 Å². The van der Waals surface area contributed by atoms with Gasteiger partial charge in [-0.05, 0) is 54.8 Å². The molecule has 0 aliphatic carbocycles. The number of aromatic nitrogens is 4.